The monoisotopic (exact) mass is 422 g/mol. The molecule has 3 rings (SSSR count). The molecule has 0 aliphatic carbocycles. The second kappa shape index (κ2) is 9.69. The van der Waals surface area contributed by atoms with E-state index in [1.165, 1.54) is 4.90 Å². The van der Waals surface area contributed by atoms with Gasteiger partial charge in [-0.2, -0.15) is 0 Å². The van der Waals surface area contributed by atoms with Gasteiger partial charge in [0.05, 0.1) is 25.0 Å². The maximum absolute atomic E-state index is 13.3. The van der Waals surface area contributed by atoms with Gasteiger partial charge in [-0.05, 0) is 41.7 Å². The van der Waals surface area contributed by atoms with Gasteiger partial charge < -0.3 is 14.8 Å². The highest BCUT2D eigenvalue weighted by Gasteiger charge is 2.39. The van der Waals surface area contributed by atoms with Crippen molar-refractivity contribution in [3.05, 3.63) is 59.8 Å². The fraction of sp³-hybridized carbons (Fsp3) is 0.360. The molecule has 0 spiro atoms. The quantitative estimate of drug-likeness (QED) is 0.599. The van der Waals surface area contributed by atoms with E-state index in [-0.39, 0.29) is 23.4 Å². The van der Waals surface area contributed by atoms with Gasteiger partial charge in [-0.25, -0.2) is 0 Å². The summed E-state index contributed by atoms with van der Waals surface area (Å²) in [6.07, 6.45) is 0. The van der Waals surface area contributed by atoms with Crippen LogP contribution in [0.5, 0.6) is 11.5 Å². The molecule has 2 aromatic carbocycles. The van der Waals surface area contributed by atoms with Crippen molar-refractivity contribution in [1.82, 2.24) is 4.90 Å². The zero-order chi connectivity index (χ0) is 22.5. The van der Waals surface area contributed by atoms with Gasteiger partial charge in [-0.3, -0.25) is 14.5 Å². The second-order valence-corrected chi connectivity index (χ2v) is 8.42. The number of amides is 2. The number of methoxy groups -OCH3 is 1. The van der Waals surface area contributed by atoms with Crippen molar-refractivity contribution in [3.63, 3.8) is 0 Å². The molecule has 0 unspecified atom stereocenters. The number of nitrogens with zero attached hydrogens (tertiary/aromatic N) is 1. The normalized spacial score (nSPS) is 14.1. The van der Waals surface area contributed by atoms with E-state index < -0.39 is 0 Å². The Morgan fingerprint density at radius 1 is 0.903 bits per heavy atom. The molecular formula is C25H30N2O4. The Bertz CT molecular complexity index is 977. The Kier molecular flexibility index (Phi) is 7.00. The zero-order valence-electron chi connectivity index (χ0n) is 18.8. The molecule has 6 heteroatoms. The zero-order valence-corrected chi connectivity index (χ0v) is 18.8. The third kappa shape index (κ3) is 5.08. The van der Waals surface area contributed by atoms with Crippen LogP contribution in [0.4, 0.5) is 5.69 Å². The van der Waals surface area contributed by atoms with Crippen molar-refractivity contribution < 1.29 is 19.1 Å². The molecule has 0 atom stereocenters. The maximum atomic E-state index is 13.3. The van der Waals surface area contributed by atoms with Gasteiger partial charge in [0.1, 0.15) is 17.2 Å². The second-order valence-electron chi connectivity index (χ2n) is 8.42. The van der Waals surface area contributed by atoms with E-state index in [4.69, 9.17) is 9.47 Å². The molecule has 0 saturated heterocycles. The summed E-state index contributed by atoms with van der Waals surface area (Å²) in [6, 6.07) is 14.6. The number of carbonyl (C=O) groups is 2. The lowest BCUT2D eigenvalue weighted by atomic mass is 10.0. The Labute approximate surface area is 183 Å². The predicted molar refractivity (Wildman–Crippen MR) is 122 cm³/mol. The number of rotatable bonds is 9. The number of imide groups is 1. The van der Waals surface area contributed by atoms with Crippen LogP contribution in [-0.2, 0) is 9.59 Å². The highest BCUT2D eigenvalue weighted by atomic mass is 16.5. The Balaban J connectivity index is 2.00. The van der Waals surface area contributed by atoms with E-state index >= 15 is 0 Å². The number of anilines is 1. The Morgan fingerprint density at radius 2 is 1.58 bits per heavy atom. The molecule has 0 aromatic heterocycles. The first kappa shape index (κ1) is 22.4. The van der Waals surface area contributed by atoms with Crippen LogP contribution in [0.25, 0.3) is 5.57 Å². The van der Waals surface area contributed by atoms with Crippen LogP contribution >= 0.6 is 0 Å². The van der Waals surface area contributed by atoms with Crippen molar-refractivity contribution in [2.24, 2.45) is 11.8 Å². The Hall–Kier alpha value is -3.28. The molecular weight excluding hydrogens is 392 g/mol. The van der Waals surface area contributed by atoms with Gasteiger partial charge in [0.25, 0.3) is 11.8 Å². The maximum Gasteiger partial charge on any atom is 0.278 e. The summed E-state index contributed by atoms with van der Waals surface area (Å²) in [5.74, 6) is 1.26. The smallest absolute Gasteiger partial charge is 0.278 e. The van der Waals surface area contributed by atoms with E-state index in [1.54, 1.807) is 13.2 Å². The summed E-state index contributed by atoms with van der Waals surface area (Å²) in [4.78, 5) is 27.8. The predicted octanol–water partition coefficient (Wildman–Crippen LogP) is 4.58. The van der Waals surface area contributed by atoms with Gasteiger partial charge >= 0.3 is 0 Å². The SMILES string of the molecule is COc1ccccc1NC1=C(c2ccc(OCC(C)C)cc2)C(=O)N(CC(C)C)C1=O. The molecule has 1 N–H and O–H groups in total. The van der Waals surface area contributed by atoms with Crippen molar-refractivity contribution >= 4 is 23.1 Å². The van der Waals surface area contributed by atoms with E-state index in [0.29, 0.717) is 41.6 Å². The van der Waals surface area contributed by atoms with Crippen LogP contribution in [-0.4, -0.2) is 37.0 Å². The minimum atomic E-state index is -0.334. The topological polar surface area (TPSA) is 67.9 Å². The summed E-state index contributed by atoms with van der Waals surface area (Å²) >= 11 is 0. The molecule has 2 aromatic rings. The lowest BCUT2D eigenvalue weighted by molar-refractivity contribution is -0.137. The molecule has 1 aliphatic rings. The molecule has 0 bridgehead atoms. The lowest BCUT2D eigenvalue weighted by Gasteiger charge is -2.17. The number of hydrogen-bond acceptors (Lipinski definition) is 5. The van der Waals surface area contributed by atoms with Crippen LogP contribution in [0.3, 0.4) is 0 Å². The van der Waals surface area contributed by atoms with E-state index in [2.05, 4.69) is 19.2 Å². The molecule has 2 amide bonds. The fourth-order valence-corrected chi connectivity index (χ4v) is 3.35. The van der Waals surface area contributed by atoms with Crippen molar-refractivity contribution in [2.75, 3.05) is 25.6 Å². The third-order valence-electron chi connectivity index (χ3n) is 4.81. The van der Waals surface area contributed by atoms with E-state index in [9.17, 15) is 9.59 Å². The number of hydrogen-bond donors (Lipinski definition) is 1. The van der Waals surface area contributed by atoms with Crippen molar-refractivity contribution in [2.45, 2.75) is 27.7 Å². The summed E-state index contributed by atoms with van der Waals surface area (Å²) in [6.45, 7) is 9.10. The van der Waals surface area contributed by atoms with Crippen LogP contribution in [0.15, 0.2) is 54.2 Å². The molecule has 0 saturated carbocycles. The summed E-state index contributed by atoms with van der Waals surface area (Å²) in [5.41, 5.74) is 1.90. The molecule has 164 valence electrons. The van der Waals surface area contributed by atoms with Gasteiger partial charge in [-0.15, -0.1) is 0 Å². The average Bonchev–Trinajstić information content (AvgIpc) is 2.97. The minimum Gasteiger partial charge on any atom is -0.495 e. The van der Waals surface area contributed by atoms with Gasteiger partial charge in [0.2, 0.25) is 0 Å². The third-order valence-corrected chi connectivity index (χ3v) is 4.81. The molecule has 0 radical (unpaired) electrons. The first-order chi connectivity index (χ1) is 14.8. The largest absolute Gasteiger partial charge is 0.495 e. The van der Waals surface area contributed by atoms with Gasteiger partial charge in [0.15, 0.2) is 0 Å². The van der Waals surface area contributed by atoms with Crippen LogP contribution in [0.1, 0.15) is 33.3 Å². The number of para-hydroxylation sites is 2. The number of carbonyl (C=O) groups excluding carboxylic acids is 2. The highest BCUT2D eigenvalue weighted by molar-refractivity contribution is 6.36. The number of nitrogens with one attached hydrogen (secondary N) is 1. The van der Waals surface area contributed by atoms with Gasteiger partial charge in [0, 0.05) is 6.54 Å². The first-order valence-corrected chi connectivity index (χ1v) is 10.6. The lowest BCUT2D eigenvalue weighted by Crippen LogP contribution is -2.35. The number of ether oxygens (including phenoxy) is 2. The molecule has 31 heavy (non-hydrogen) atoms. The molecule has 0 fully saturated rings. The highest BCUT2D eigenvalue weighted by Crippen LogP contribution is 2.34. The summed E-state index contributed by atoms with van der Waals surface area (Å²) < 4.78 is 11.1. The van der Waals surface area contributed by atoms with Crippen LogP contribution < -0.4 is 14.8 Å². The van der Waals surface area contributed by atoms with E-state index in [0.717, 1.165) is 5.75 Å². The average molecular weight is 423 g/mol. The van der Waals surface area contributed by atoms with Crippen LogP contribution in [0.2, 0.25) is 0 Å². The molecule has 1 heterocycles. The number of benzene rings is 2. The van der Waals surface area contributed by atoms with Crippen molar-refractivity contribution in [1.29, 1.82) is 0 Å². The molecule has 6 nitrogen and oxygen atoms in total. The standard InChI is InChI=1S/C25H30N2O4/c1-16(2)14-27-24(28)22(18-10-12-19(13-11-18)31-15-17(3)4)23(25(27)29)26-20-8-6-7-9-21(20)30-5/h6-13,16-17,26H,14-15H2,1-5H3. The van der Waals surface area contributed by atoms with Gasteiger partial charge in [-0.1, -0.05) is 52.0 Å². The van der Waals surface area contributed by atoms with Crippen molar-refractivity contribution in [3.8, 4) is 11.5 Å². The summed E-state index contributed by atoms with van der Waals surface area (Å²) in [5, 5.41) is 3.16. The summed E-state index contributed by atoms with van der Waals surface area (Å²) in [7, 11) is 1.57. The fourth-order valence-electron chi connectivity index (χ4n) is 3.35. The first-order valence-electron chi connectivity index (χ1n) is 10.6. The molecule has 1 aliphatic heterocycles. The Morgan fingerprint density at radius 3 is 2.19 bits per heavy atom. The van der Waals surface area contributed by atoms with Crippen LogP contribution in [0, 0.1) is 11.8 Å². The minimum absolute atomic E-state index is 0.159. The van der Waals surface area contributed by atoms with E-state index in [1.807, 2.05) is 56.3 Å².